The summed E-state index contributed by atoms with van der Waals surface area (Å²) in [4.78, 5) is 24.3. The summed E-state index contributed by atoms with van der Waals surface area (Å²) in [6.45, 7) is 4.11. The summed E-state index contributed by atoms with van der Waals surface area (Å²) in [5.74, 6) is -0.593. The predicted molar refractivity (Wildman–Crippen MR) is 224 cm³/mol. The Hall–Kier alpha value is -1.62. The van der Waals surface area contributed by atoms with Gasteiger partial charge in [-0.05, 0) is 57.8 Å². The first kappa shape index (κ1) is 50.4. The van der Waals surface area contributed by atoms with E-state index in [1.807, 2.05) is 0 Å². The fourth-order valence-electron chi connectivity index (χ4n) is 6.71. The van der Waals surface area contributed by atoms with Crippen LogP contribution in [0.1, 0.15) is 245 Å². The van der Waals surface area contributed by atoms with Gasteiger partial charge in [0.05, 0.1) is 6.61 Å². The van der Waals surface area contributed by atoms with Gasteiger partial charge in [-0.3, -0.25) is 9.59 Å². The number of rotatable bonds is 42. The smallest absolute Gasteiger partial charge is 0.306 e. The second-order valence-corrected chi connectivity index (χ2v) is 15.5. The van der Waals surface area contributed by atoms with E-state index in [4.69, 9.17) is 9.47 Å². The fraction of sp³-hybridized carbons (Fsp3) is 0.872. The minimum atomic E-state index is -0.770. The molecular weight excluding hydrogens is 645 g/mol. The molecule has 0 heterocycles. The normalized spacial score (nSPS) is 12.3. The van der Waals surface area contributed by atoms with Crippen molar-refractivity contribution in [2.24, 2.45) is 0 Å². The zero-order chi connectivity index (χ0) is 37.8. The van der Waals surface area contributed by atoms with E-state index >= 15 is 0 Å². The SMILES string of the molecule is CCCC/C=C\CCCCCCCC(=O)OCC(CO)OC(=O)CCCCCCCCCCCCCCCCC/C=C\CCCCCCCCCC. The van der Waals surface area contributed by atoms with E-state index in [1.165, 1.54) is 173 Å². The molecule has 0 aromatic rings. The van der Waals surface area contributed by atoms with E-state index in [-0.39, 0.29) is 25.2 Å². The van der Waals surface area contributed by atoms with Crippen LogP contribution in [0.4, 0.5) is 0 Å². The second-order valence-electron chi connectivity index (χ2n) is 15.5. The van der Waals surface area contributed by atoms with Crippen molar-refractivity contribution in [2.75, 3.05) is 13.2 Å². The van der Waals surface area contributed by atoms with Crippen molar-refractivity contribution in [1.29, 1.82) is 0 Å². The number of esters is 2. The molecule has 1 N–H and O–H groups in total. The van der Waals surface area contributed by atoms with E-state index < -0.39 is 6.10 Å². The lowest BCUT2D eigenvalue weighted by molar-refractivity contribution is -0.161. The molecule has 0 fully saturated rings. The Morgan fingerprint density at radius 1 is 0.423 bits per heavy atom. The van der Waals surface area contributed by atoms with Crippen molar-refractivity contribution in [3.8, 4) is 0 Å². The maximum atomic E-state index is 12.2. The van der Waals surface area contributed by atoms with E-state index in [0.29, 0.717) is 12.8 Å². The largest absolute Gasteiger partial charge is 0.462 e. The monoisotopic (exact) mass is 733 g/mol. The molecule has 5 nitrogen and oxygen atoms in total. The summed E-state index contributed by atoms with van der Waals surface area (Å²) in [5.41, 5.74) is 0. The van der Waals surface area contributed by atoms with Gasteiger partial charge in [-0.25, -0.2) is 0 Å². The van der Waals surface area contributed by atoms with Crippen LogP contribution in [0.25, 0.3) is 0 Å². The molecule has 0 rings (SSSR count). The number of aliphatic hydroxyl groups is 1. The molecule has 5 heteroatoms. The quantitative estimate of drug-likeness (QED) is 0.0384. The molecule has 0 saturated heterocycles. The zero-order valence-corrected chi connectivity index (χ0v) is 34.8. The Bertz CT molecular complexity index is 791. The van der Waals surface area contributed by atoms with Gasteiger partial charge in [0.15, 0.2) is 6.10 Å². The summed E-state index contributed by atoms with van der Waals surface area (Å²) in [6.07, 6.45) is 52.7. The van der Waals surface area contributed by atoms with E-state index in [2.05, 4.69) is 38.2 Å². The second kappa shape index (κ2) is 43.8. The summed E-state index contributed by atoms with van der Waals surface area (Å²) in [6, 6.07) is 0. The van der Waals surface area contributed by atoms with E-state index in [1.54, 1.807) is 0 Å². The number of allylic oxidation sites excluding steroid dienone is 4. The first-order valence-electron chi connectivity index (χ1n) is 22.9. The van der Waals surface area contributed by atoms with Crippen LogP contribution in [0.15, 0.2) is 24.3 Å². The lowest BCUT2D eigenvalue weighted by Crippen LogP contribution is -2.28. The van der Waals surface area contributed by atoms with Crippen molar-refractivity contribution in [2.45, 2.75) is 251 Å². The summed E-state index contributed by atoms with van der Waals surface area (Å²) in [5, 5.41) is 9.56. The molecule has 0 bridgehead atoms. The average molecular weight is 733 g/mol. The highest BCUT2D eigenvalue weighted by Crippen LogP contribution is 2.15. The van der Waals surface area contributed by atoms with Gasteiger partial charge in [0.25, 0.3) is 0 Å². The third-order valence-corrected chi connectivity index (χ3v) is 10.2. The topological polar surface area (TPSA) is 72.8 Å². The Labute approximate surface area is 323 Å². The van der Waals surface area contributed by atoms with Gasteiger partial charge in [-0.2, -0.15) is 0 Å². The number of aliphatic hydroxyl groups excluding tert-OH is 1. The molecule has 0 radical (unpaired) electrons. The highest BCUT2D eigenvalue weighted by atomic mass is 16.6. The molecule has 0 aliphatic carbocycles. The minimum Gasteiger partial charge on any atom is -0.462 e. The number of carbonyl (C=O) groups excluding carboxylic acids is 2. The van der Waals surface area contributed by atoms with Crippen molar-refractivity contribution in [1.82, 2.24) is 0 Å². The molecule has 0 spiro atoms. The van der Waals surface area contributed by atoms with Gasteiger partial charge in [-0.1, -0.05) is 199 Å². The summed E-state index contributed by atoms with van der Waals surface area (Å²) >= 11 is 0. The van der Waals surface area contributed by atoms with E-state index in [9.17, 15) is 14.7 Å². The first-order chi connectivity index (χ1) is 25.6. The minimum absolute atomic E-state index is 0.0665. The maximum absolute atomic E-state index is 12.2. The van der Waals surface area contributed by atoms with Gasteiger partial charge < -0.3 is 14.6 Å². The molecular formula is C47H88O5. The predicted octanol–water partition coefficient (Wildman–Crippen LogP) is 14.6. The Morgan fingerprint density at radius 2 is 0.731 bits per heavy atom. The van der Waals surface area contributed by atoms with Gasteiger partial charge in [0, 0.05) is 12.8 Å². The average Bonchev–Trinajstić information content (AvgIpc) is 3.15. The Balaban J connectivity index is 3.43. The van der Waals surface area contributed by atoms with Crippen LogP contribution < -0.4 is 0 Å². The number of ether oxygens (including phenoxy) is 2. The van der Waals surface area contributed by atoms with Gasteiger partial charge in [-0.15, -0.1) is 0 Å². The summed E-state index contributed by atoms with van der Waals surface area (Å²) < 4.78 is 10.6. The molecule has 0 aliphatic heterocycles. The van der Waals surface area contributed by atoms with Crippen LogP contribution in [0.5, 0.6) is 0 Å². The van der Waals surface area contributed by atoms with Crippen LogP contribution in [0.2, 0.25) is 0 Å². The Morgan fingerprint density at radius 3 is 1.10 bits per heavy atom. The molecule has 0 saturated carbocycles. The van der Waals surface area contributed by atoms with Crippen LogP contribution in [0, 0.1) is 0 Å². The lowest BCUT2D eigenvalue weighted by Gasteiger charge is -2.15. The number of carbonyl (C=O) groups is 2. The third-order valence-electron chi connectivity index (χ3n) is 10.2. The number of hydrogen-bond donors (Lipinski definition) is 1. The van der Waals surface area contributed by atoms with Crippen LogP contribution >= 0.6 is 0 Å². The molecule has 0 aromatic heterocycles. The maximum Gasteiger partial charge on any atom is 0.306 e. The van der Waals surface area contributed by atoms with Crippen molar-refractivity contribution < 1.29 is 24.2 Å². The van der Waals surface area contributed by atoms with E-state index in [0.717, 1.165) is 44.9 Å². The van der Waals surface area contributed by atoms with Crippen molar-refractivity contribution in [3.05, 3.63) is 24.3 Å². The number of unbranched alkanes of at least 4 members (excludes halogenated alkanes) is 30. The number of hydrogen-bond acceptors (Lipinski definition) is 5. The van der Waals surface area contributed by atoms with Gasteiger partial charge in [0.1, 0.15) is 6.61 Å². The third kappa shape index (κ3) is 41.1. The lowest BCUT2D eigenvalue weighted by atomic mass is 10.0. The molecule has 1 unspecified atom stereocenters. The summed E-state index contributed by atoms with van der Waals surface area (Å²) in [7, 11) is 0. The molecule has 306 valence electrons. The standard InChI is InChI=1S/C47H88O5/c1-3-5-7-9-11-13-15-16-17-18-19-20-21-22-23-24-25-26-27-28-29-30-32-34-36-38-40-42-47(50)52-45(43-48)44-51-46(49)41-39-37-35-33-31-14-12-10-8-6-4-2/h10,12,18-19,45,48H,3-9,11,13-17,20-44H2,1-2H3/b12-10-,19-18-. The molecule has 0 amide bonds. The Kier molecular flexibility index (Phi) is 42.4. The van der Waals surface area contributed by atoms with Crippen LogP contribution in [0.3, 0.4) is 0 Å². The van der Waals surface area contributed by atoms with Gasteiger partial charge in [0.2, 0.25) is 0 Å². The molecule has 0 aliphatic rings. The van der Waals surface area contributed by atoms with Crippen LogP contribution in [-0.4, -0.2) is 36.4 Å². The highest BCUT2D eigenvalue weighted by molar-refractivity contribution is 5.70. The molecule has 1 atom stereocenters. The molecule has 0 aromatic carbocycles. The van der Waals surface area contributed by atoms with Gasteiger partial charge >= 0.3 is 11.9 Å². The molecule has 52 heavy (non-hydrogen) atoms. The fourth-order valence-corrected chi connectivity index (χ4v) is 6.71. The van der Waals surface area contributed by atoms with Crippen LogP contribution in [-0.2, 0) is 19.1 Å². The van der Waals surface area contributed by atoms with Crippen molar-refractivity contribution in [3.63, 3.8) is 0 Å². The highest BCUT2D eigenvalue weighted by Gasteiger charge is 2.16. The van der Waals surface area contributed by atoms with Crippen molar-refractivity contribution >= 4 is 11.9 Å². The zero-order valence-electron chi connectivity index (χ0n) is 34.8. The first-order valence-corrected chi connectivity index (χ1v) is 22.9.